The monoisotopic (exact) mass is 248 g/mol. The Bertz CT molecular complexity index is 437. The molecular weight excluding hydrogens is 224 g/mol. The van der Waals surface area contributed by atoms with Gasteiger partial charge < -0.3 is 9.84 Å². The molecule has 1 aromatic carbocycles. The molecule has 0 atom stereocenters. The summed E-state index contributed by atoms with van der Waals surface area (Å²) >= 11 is 0. The van der Waals surface area contributed by atoms with Crippen molar-refractivity contribution in [1.82, 2.24) is 0 Å². The Kier molecular flexibility index (Phi) is 3.31. The summed E-state index contributed by atoms with van der Waals surface area (Å²) in [5.74, 6) is 1.76. The van der Waals surface area contributed by atoms with Gasteiger partial charge in [0.25, 0.3) is 0 Å². The molecule has 1 aromatic rings. The summed E-state index contributed by atoms with van der Waals surface area (Å²) < 4.78 is 5.85. The number of phenolic OH excluding ortho intramolecular Hbond substituents is 1. The van der Waals surface area contributed by atoms with E-state index in [0.29, 0.717) is 11.7 Å². The SMILES string of the molecule is CC(C)Oc1cc(O)c(C2CC2)cc1C(C)(C)C. The number of benzene rings is 1. The van der Waals surface area contributed by atoms with Crippen LogP contribution in [0, 0.1) is 0 Å². The third-order valence-electron chi connectivity index (χ3n) is 3.32. The molecule has 0 aliphatic heterocycles. The maximum Gasteiger partial charge on any atom is 0.127 e. The molecule has 18 heavy (non-hydrogen) atoms. The second-order valence-electron chi connectivity index (χ2n) is 6.60. The molecule has 0 heterocycles. The van der Waals surface area contributed by atoms with E-state index in [1.807, 2.05) is 13.8 Å². The summed E-state index contributed by atoms with van der Waals surface area (Å²) in [7, 11) is 0. The second kappa shape index (κ2) is 4.49. The third-order valence-corrected chi connectivity index (χ3v) is 3.32. The van der Waals surface area contributed by atoms with E-state index in [1.165, 1.54) is 18.4 Å². The molecule has 1 aliphatic rings. The van der Waals surface area contributed by atoms with Gasteiger partial charge in [-0.3, -0.25) is 0 Å². The van der Waals surface area contributed by atoms with Crippen LogP contribution in [-0.2, 0) is 5.41 Å². The van der Waals surface area contributed by atoms with Gasteiger partial charge in [0.1, 0.15) is 11.5 Å². The highest BCUT2D eigenvalue weighted by Gasteiger charge is 2.30. The van der Waals surface area contributed by atoms with Gasteiger partial charge in [-0.2, -0.15) is 0 Å². The lowest BCUT2D eigenvalue weighted by Gasteiger charge is -2.25. The molecule has 1 fully saturated rings. The molecule has 0 aromatic heterocycles. The molecule has 2 nitrogen and oxygen atoms in total. The summed E-state index contributed by atoms with van der Waals surface area (Å²) in [4.78, 5) is 0. The topological polar surface area (TPSA) is 29.5 Å². The highest BCUT2D eigenvalue weighted by Crippen LogP contribution is 2.47. The van der Waals surface area contributed by atoms with Crippen LogP contribution < -0.4 is 4.74 Å². The van der Waals surface area contributed by atoms with Gasteiger partial charge in [-0.1, -0.05) is 20.8 Å². The number of ether oxygens (including phenoxy) is 1. The number of hydrogen-bond donors (Lipinski definition) is 1. The summed E-state index contributed by atoms with van der Waals surface area (Å²) in [6.07, 6.45) is 2.51. The van der Waals surface area contributed by atoms with Gasteiger partial charge in [-0.05, 0) is 49.7 Å². The number of aromatic hydroxyl groups is 1. The van der Waals surface area contributed by atoms with Gasteiger partial charge in [0.2, 0.25) is 0 Å². The van der Waals surface area contributed by atoms with E-state index in [-0.39, 0.29) is 11.5 Å². The Morgan fingerprint density at radius 2 is 1.83 bits per heavy atom. The fourth-order valence-corrected chi connectivity index (χ4v) is 2.24. The summed E-state index contributed by atoms with van der Waals surface area (Å²) in [5.41, 5.74) is 2.31. The Morgan fingerprint density at radius 3 is 2.28 bits per heavy atom. The molecular formula is C16H24O2. The van der Waals surface area contributed by atoms with Gasteiger partial charge >= 0.3 is 0 Å². The molecule has 100 valence electrons. The molecule has 2 heteroatoms. The molecule has 1 saturated carbocycles. The van der Waals surface area contributed by atoms with E-state index in [9.17, 15) is 5.11 Å². The van der Waals surface area contributed by atoms with E-state index in [4.69, 9.17) is 4.74 Å². The van der Waals surface area contributed by atoms with E-state index < -0.39 is 0 Å². The smallest absolute Gasteiger partial charge is 0.127 e. The first-order valence-corrected chi connectivity index (χ1v) is 6.83. The number of rotatable bonds is 3. The average Bonchev–Trinajstić information content (AvgIpc) is 2.98. The maximum atomic E-state index is 10.1. The van der Waals surface area contributed by atoms with Crippen LogP contribution in [0.15, 0.2) is 12.1 Å². The van der Waals surface area contributed by atoms with Crippen molar-refractivity contribution in [2.75, 3.05) is 0 Å². The van der Waals surface area contributed by atoms with Gasteiger partial charge in [-0.15, -0.1) is 0 Å². The largest absolute Gasteiger partial charge is 0.508 e. The summed E-state index contributed by atoms with van der Waals surface area (Å²) in [6, 6.07) is 3.94. The van der Waals surface area contributed by atoms with E-state index in [0.717, 1.165) is 11.3 Å². The van der Waals surface area contributed by atoms with Gasteiger partial charge in [0.05, 0.1) is 6.10 Å². The van der Waals surface area contributed by atoms with Crippen molar-refractivity contribution in [3.63, 3.8) is 0 Å². The first-order chi connectivity index (χ1) is 8.29. The van der Waals surface area contributed by atoms with Crippen LogP contribution in [0.3, 0.4) is 0 Å². The third kappa shape index (κ3) is 2.80. The quantitative estimate of drug-likeness (QED) is 0.861. The van der Waals surface area contributed by atoms with Crippen molar-refractivity contribution >= 4 is 0 Å². The molecule has 0 amide bonds. The number of hydrogen-bond acceptors (Lipinski definition) is 2. The second-order valence-corrected chi connectivity index (χ2v) is 6.60. The molecule has 1 aliphatic carbocycles. The van der Waals surface area contributed by atoms with Crippen molar-refractivity contribution in [2.45, 2.75) is 64.9 Å². The van der Waals surface area contributed by atoms with Crippen molar-refractivity contribution in [3.05, 3.63) is 23.3 Å². The molecule has 0 spiro atoms. The fourth-order valence-electron chi connectivity index (χ4n) is 2.24. The normalized spacial score (nSPS) is 16.1. The minimum absolute atomic E-state index is 0.0293. The van der Waals surface area contributed by atoms with Crippen LogP contribution in [-0.4, -0.2) is 11.2 Å². The average molecular weight is 248 g/mol. The molecule has 1 N–H and O–H groups in total. The van der Waals surface area contributed by atoms with Crippen LogP contribution in [0.5, 0.6) is 11.5 Å². The van der Waals surface area contributed by atoms with Gasteiger partial charge in [0, 0.05) is 11.6 Å². The predicted octanol–water partition coefficient (Wildman–Crippen LogP) is 4.35. The van der Waals surface area contributed by atoms with E-state index >= 15 is 0 Å². The van der Waals surface area contributed by atoms with Crippen molar-refractivity contribution in [3.8, 4) is 11.5 Å². The van der Waals surface area contributed by atoms with Gasteiger partial charge in [0.15, 0.2) is 0 Å². The Labute approximate surface area is 110 Å². The Morgan fingerprint density at radius 1 is 1.22 bits per heavy atom. The Balaban J connectivity index is 2.47. The highest BCUT2D eigenvalue weighted by molar-refractivity contribution is 5.51. The van der Waals surface area contributed by atoms with Gasteiger partial charge in [-0.25, -0.2) is 0 Å². The Hall–Kier alpha value is -1.18. The fraction of sp³-hybridized carbons (Fsp3) is 0.625. The molecule has 0 saturated heterocycles. The lowest BCUT2D eigenvalue weighted by molar-refractivity contribution is 0.235. The first-order valence-electron chi connectivity index (χ1n) is 6.83. The van der Waals surface area contributed by atoms with E-state index in [1.54, 1.807) is 6.07 Å². The standard InChI is InChI=1S/C16H24O2/c1-10(2)18-15-9-14(17)12(11-6-7-11)8-13(15)16(3,4)5/h8-11,17H,6-7H2,1-5H3. The lowest BCUT2D eigenvalue weighted by Crippen LogP contribution is -2.16. The van der Waals surface area contributed by atoms with Crippen LogP contribution in [0.2, 0.25) is 0 Å². The van der Waals surface area contributed by atoms with E-state index in [2.05, 4.69) is 26.8 Å². The van der Waals surface area contributed by atoms with Crippen LogP contribution in [0.4, 0.5) is 0 Å². The molecule has 0 bridgehead atoms. The lowest BCUT2D eigenvalue weighted by atomic mass is 9.84. The molecule has 2 rings (SSSR count). The number of phenols is 1. The predicted molar refractivity (Wildman–Crippen MR) is 74.5 cm³/mol. The first kappa shape index (κ1) is 13.3. The van der Waals surface area contributed by atoms with Crippen LogP contribution in [0.25, 0.3) is 0 Å². The minimum atomic E-state index is 0.0293. The van der Waals surface area contributed by atoms with Crippen LogP contribution >= 0.6 is 0 Å². The zero-order valence-electron chi connectivity index (χ0n) is 12.1. The van der Waals surface area contributed by atoms with Crippen LogP contribution in [0.1, 0.15) is 64.5 Å². The molecule has 0 radical (unpaired) electrons. The zero-order chi connectivity index (χ0) is 13.5. The summed E-state index contributed by atoms with van der Waals surface area (Å²) in [5, 5.41) is 10.1. The summed E-state index contributed by atoms with van der Waals surface area (Å²) in [6.45, 7) is 10.6. The van der Waals surface area contributed by atoms with Crippen molar-refractivity contribution in [1.29, 1.82) is 0 Å². The maximum absolute atomic E-state index is 10.1. The highest BCUT2D eigenvalue weighted by atomic mass is 16.5. The molecule has 0 unspecified atom stereocenters. The van der Waals surface area contributed by atoms with Crippen molar-refractivity contribution in [2.24, 2.45) is 0 Å². The minimum Gasteiger partial charge on any atom is -0.508 e. The van der Waals surface area contributed by atoms with Crippen molar-refractivity contribution < 1.29 is 9.84 Å². The zero-order valence-corrected chi connectivity index (χ0v) is 12.1.